The summed E-state index contributed by atoms with van der Waals surface area (Å²) in [6.07, 6.45) is -2.47. The maximum absolute atomic E-state index is 12.5. The second-order valence-electron chi connectivity index (χ2n) is 5.92. The minimum atomic E-state index is -1.43. The number of hydrogen-bond donors (Lipinski definition) is 1. The Hall–Kier alpha value is -3.78. The number of aliphatic hydroxyl groups excluding tert-OH is 1. The smallest absolute Gasteiger partial charge is 0.421 e. The van der Waals surface area contributed by atoms with Gasteiger partial charge in [-0.15, -0.1) is 0 Å². The molecule has 0 amide bonds. The third kappa shape index (κ3) is 4.13. The molecule has 0 bridgehead atoms. The van der Waals surface area contributed by atoms with E-state index >= 15 is 0 Å². The molecule has 1 unspecified atom stereocenters. The van der Waals surface area contributed by atoms with Gasteiger partial charge in [0.25, 0.3) is 11.2 Å². The third-order valence-corrected chi connectivity index (χ3v) is 4.04. The molecule has 8 nitrogen and oxygen atoms in total. The van der Waals surface area contributed by atoms with E-state index in [1.807, 2.05) is 0 Å². The van der Waals surface area contributed by atoms with E-state index in [-0.39, 0.29) is 12.3 Å². The van der Waals surface area contributed by atoms with Crippen LogP contribution in [0.5, 0.6) is 0 Å². The van der Waals surface area contributed by atoms with Gasteiger partial charge in [-0.1, -0.05) is 60.7 Å². The van der Waals surface area contributed by atoms with Crippen molar-refractivity contribution >= 4 is 11.8 Å². The number of aliphatic hydroxyl groups is 1. The Morgan fingerprint density at radius 3 is 2.29 bits per heavy atom. The Morgan fingerprint density at radius 2 is 1.68 bits per heavy atom. The van der Waals surface area contributed by atoms with Crippen molar-refractivity contribution in [3.63, 3.8) is 0 Å². The maximum atomic E-state index is 12.5. The molecule has 8 heteroatoms. The van der Waals surface area contributed by atoms with Gasteiger partial charge >= 0.3 is 6.09 Å². The first-order valence-corrected chi connectivity index (χ1v) is 8.33. The number of aromatic nitrogens is 1. The molecule has 0 aliphatic carbocycles. The van der Waals surface area contributed by atoms with Gasteiger partial charge in [0, 0.05) is 6.07 Å². The summed E-state index contributed by atoms with van der Waals surface area (Å²) in [6.45, 7) is -0.0933. The van der Waals surface area contributed by atoms with Crippen molar-refractivity contribution in [2.24, 2.45) is 0 Å². The van der Waals surface area contributed by atoms with E-state index in [9.17, 15) is 24.8 Å². The lowest BCUT2D eigenvalue weighted by molar-refractivity contribution is -0.385. The van der Waals surface area contributed by atoms with Gasteiger partial charge in [-0.25, -0.2) is 9.36 Å². The summed E-state index contributed by atoms with van der Waals surface area (Å²) in [7, 11) is 0. The summed E-state index contributed by atoms with van der Waals surface area (Å²) in [4.78, 5) is 35.3. The van der Waals surface area contributed by atoms with Crippen LogP contribution in [0.2, 0.25) is 0 Å². The Labute approximate surface area is 159 Å². The molecule has 2 aromatic carbocycles. The van der Waals surface area contributed by atoms with Crippen LogP contribution in [-0.4, -0.2) is 20.7 Å². The number of carbonyl (C=O) groups is 1. The van der Waals surface area contributed by atoms with Gasteiger partial charge in [-0.05, 0) is 11.1 Å². The first-order valence-electron chi connectivity index (χ1n) is 8.33. The number of nitrogens with zero attached hydrogens (tertiary/aromatic N) is 2. The fourth-order valence-electron chi connectivity index (χ4n) is 2.67. The normalized spacial score (nSPS) is 11.6. The van der Waals surface area contributed by atoms with Gasteiger partial charge in [-0.2, -0.15) is 0 Å². The largest absolute Gasteiger partial charge is 0.444 e. The van der Waals surface area contributed by atoms with Gasteiger partial charge in [0.15, 0.2) is 0 Å². The van der Waals surface area contributed by atoms with Crippen molar-refractivity contribution in [3.8, 4) is 0 Å². The maximum Gasteiger partial charge on any atom is 0.421 e. The minimum Gasteiger partial charge on any atom is -0.444 e. The zero-order chi connectivity index (χ0) is 20.1. The Balaban J connectivity index is 2.00. The van der Waals surface area contributed by atoms with Gasteiger partial charge in [-0.3, -0.25) is 14.9 Å². The highest BCUT2D eigenvalue weighted by Crippen LogP contribution is 2.24. The van der Waals surface area contributed by atoms with Crippen LogP contribution in [0.15, 0.2) is 77.6 Å². The molecular weight excluding hydrogens is 364 g/mol. The van der Waals surface area contributed by atoms with Crippen molar-refractivity contribution in [2.75, 3.05) is 0 Å². The Morgan fingerprint density at radius 1 is 1.07 bits per heavy atom. The van der Waals surface area contributed by atoms with Crippen LogP contribution >= 0.6 is 0 Å². The molecule has 28 heavy (non-hydrogen) atoms. The summed E-state index contributed by atoms with van der Waals surface area (Å²) in [6, 6.07) is 18.7. The van der Waals surface area contributed by atoms with Crippen molar-refractivity contribution in [3.05, 3.63) is 110 Å². The van der Waals surface area contributed by atoms with Crippen LogP contribution in [-0.2, 0) is 11.3 Å². The van der Waals surface area contributed by atoms with Crippen LogP contribution in [0.4, 0.5) is 10.5 Å². The van der Waals surface area contributed by atoms with Crippen LogP contribution in [0.1, 0.15) is 22.9 Å². The number of rotatable bonds is 5. The lowest BCUT2D eigenvalue weighted by Crippen LogP contribution is -2.32. The summed E-state index contributed by atoms with van der Waals surface area (Å²) < 4.78 is 5.77. The van der Waals surface area contributed by atoms with Crippen LogP contribution in [0.25, 0.3) is 0 Å². The number of nitro groups is 1. The molecule has 0 spiro atoms. The molecule has 0 fully saturated rings. The van der Waals surface area contributed by atoms with Gasteiger partial charge in [0.2, 0.25) is 0 Å². The molecule has 1 N–H and O–H groups in total. The van der Waals surface area contributed by atoms with E-state index in [1.54, 1.807) is 60.7 Å². The Bertz CT molecular complexity index is 1050. The SMILES string of the molecule is O=C(OCc1ccccc1)n1c(C(O)c2ccccc2)cc([N+](=O)[O-])cc1=O. The minimum absolute atomic E-state index is 0.0933. The van der Waals surface area contributed by atoms with Crippen molar-refractivity contribution in [1.29, 1.82) is 0 Å². The van der Waals surface area contributed by atoms with Crippen molar-refractivity contribution in [1.82, 2.24) is 4.57 Å². The second-order valence-corrected chi connectivity index (χ2v) is 5.92. The number of ether oxygens (including phenoxy) is 1. The van der Waals surface area contributed by atoms with E-state index in [0.29, 0.717) is 21.8 Å². The molecule has 0 saturated heterocycles. The quantitative estimate of drug-likeness (QED) is 0.538. The highest BCUT2D eigenvalue weighted by Gasteiger charge is 2.25. The highest BCUT2D eigenvalue weighted by atomic mass is 16.6. The molecule has 0 aliphatic rings. The second kappa shape index (κ2) is 8.28. The predicted molar refractivity (Wildman–Crippen MR) is 99.9 cm³/mol. The number of hydrogen-bond acceptors (Lipinski definition) is 6. The predicted octanol–water partition coefficient (Wildman–Crippen LogP) is 3.02. The Kier molecular flexibility index (Phi) is 5.61. The number of benzene rings is 2. The lowest BCUT2D eigenvalue weighted by Gasteiger charge is -2.16. The summed E-state index contributed by atoms with van der Waals surface area (Å²) in [5.41, 5.74) is -0.661. The van der Waals surface area contributed by atoms with Crippen molar-refractivity contribution < 1.29 is 19.6 Å². The molecule has 1 atom stereocenters. The first-order chi connectivity index (χ1) is 13.5. The summed E-state index contributed by atoms with van der Waals surface area (Å²) >= 11 is 0. The van der Waals surface area contributed by atoms with E-state index in [0.717, 1.165) is 6.07 Å². The molecule has 0 radical (unpaired) electrons. The first kappa shape index (κ1) is 19.0. The van der Waals surface area contributed by atoms with E-state index in [1.165, 1.54) is 0 Å². The summed E-state index contributed by atoms with van der Waals surface area (Å²) in [5, 5.41) is 21.8. The van der Waals surface area contributed by atoms with E-state index in [4.69, 9.17) is 4.74 Å². The molecular formula is C20H16N2O6. The van der Waals surface area contributed by atoms with Crippen LogP contribution in [0, 0.1) is 10.1 Å². The van der Waals surface area contributed by atoms with Gasteiger partial charge in [0.05, 0.1) is 16.7 Å². The molecule has 1 heterocycles. The molecule has 142 valence electrons. The topological polar surface area (TPSA) is 112 Å². The average Bonchev–Trinajstić information content (AvgIpc) is 2.72. The molecule has 0 aliphatic heterocycles. The van der Waals surface area contributed by atoms with Gasteiger partial charge in [0.1, 0.15) is 12.7 Å². The lowest BCUT2D eigenvalue weighted by atomic mass is 10.1. The van der Waals surface area contributed by atoms with E-state index in [2.05, 4.69) is 0 Å². The zero-order valence-corrected chi connectivity index (χ0v) is 14.6. The molecule has 3 rings (SSSR count). The van der Waals surface area contributed by atoms with E-state index < -0.39 is 28.4 Å². The third-order valence-electron chi connectivity index (χ3n) is 4.04. The van der Waals surface area contributed by atoms with Crippen LogP contribution < -0.4 is 5.56 Å². The molecule has 3 aromatic rings. The summed E-state index contributed by atoms with van der Waals surface area (Å²) in [5.74, 6) is 0. The van der Waals surface area contributed by atoms with Crippen molar-refractivity contribution in [2.45, 2.75) is 12.7 Å². The molecule has 1 aromatic heterocycles. The average molecular weight is 380 g/mol. The zero-order valence-electron chi connectivity index (χ0n) is 14.6. The highest BCUT2D eigenvalue weighted by molar-refractivity contribution is 5.72. The number of pyridine rings is 1. The monoisotopic (exact) mass is 380 g/mol. The van der Waals surface area contributed by atoms with Crippen LogP contribution in [0.3, 0.4) is 0 Å². The number of carbonyl (C=O) groups excluding carboxylic acids is 1. The standard InChI is InChI=1S/C20H16N2O6/c23-18-12-16(22(26)27)11-17(19(24)15-9-5-2-6-10-15)21(18)20(25)28-13-14-7-3-1-4-8-14/h1-12,19,24H,13H2. The fraction of sp³-hybridized carbons (Fsp3) is 0.100. The van der Waals surface area contributed by atoms with Gasteiger partial charge < -0.3 is 9.84 Å². The molecule has 0 saturated carbocycles. The fourth-order valence-corrected chi connectivity index (χ4v) is 2.67.